The minimum Gasteiger partial charge on any atom is -0.435 e. The van der Waals surface area contributed by atoms with Crippen molar-refractivity contribution in [2.45, 2.75) is 6.42 Å². The molecule has 0 spiro atoms. The van der Waals surface area contributed by atoms with Crippen LogP contribution < -0.4 is 4.48 Å². The molecule has 0 aliphatic carbocycles. The van der Waals surface area contributed by atoms with E-state index in [1.165, 1.54) is 5.56 Å². The number of likely N-dealkylation sites (N-methyl/N-ethyl adjacent to an activating group) is 1. The molecule has 0 saturated carbocycles. The normalized spacial score (nSPS) is 11.8. The monoisotopic (exact) mass is 237 g/mol. The van der Waals surface area contributed by atoms with Gasteiger partial charge in [-0.1, -0.05) is 12.1 Å². The maximum Gasteiger partial charge on any atom is 0.518 e. The highest BCUT2D eigenvalue weighted by atomic mass is 16.4. The second-order valence-corrected chi connectivity index (χ2v) is 4.96. The topological polar surface area (TPSA) is 40.5 Å². The van der Waals surface area contributed by atoms with Gasteiger partial charge in [0.2, 0.25) is 0 Å². The first-order valence-electron chi connectivity index (χ1n) is 5.65. The predicted octanol–water partition coefficient (Wildman–Crippen LogP) is 2.04. The van der Waals surface area contributed by atoms with Gasteiger partial charge in [0, 0.05) is 12.6 Å². The van der Waals surface area contributed by atoms with Crippen LogP contribution in [-0.4, -0.2) is 50.8 Å². The molecule has 1 amide bonds. The number of hydrogen-bond donors (Lipinski definition) is 1. The van der Waals surface area contributed by atoms with Crippen molar-refractivity contribution in [3.05, 3.63) is 29.8 Å². The Morgan fingerprint density at radius 2 is 2.00 bits per heavy atom. The van der Waals surface area contributed by atoms with E-state index in [0.717, 1.165) is 18.7 Å². The maximum absolute atomic E-state index is 11.2. The molecule has 0 unspecified atom stereocenters. The molecule has 1 N–H and O–H groups in total. The molecule has 1 aromatic carbocycles. The van der Waals surface area contributed by atoms with Crippen molar-refractivity contribution in [2.75, 3.05) is 34.7 Å². The third kappa shape index (κ3) is 3.54. The van der Waals surface area contributed by atoms with Crippen molar-refractivity contribution in [2.24, 2.45) is 0 Å². The highest BCUT2D eigenvalue weighted by molar-refractivity contribution is 5.79. The predicted molar refractivity (Wildman–Crippen MR) is 70.4 cm³/mol. The molecule has 17 heavy (non-hydrogen) atoms. The van der Waals surface area contributed by atoms with E-state index in [1.54, 1.807) is 14.1 Å². The quantitative estimate of drug-likeness (QED) is 0.815. The summed E-state index contributed by atoms with van der Waals surface area (Å²) in [6, 6.07) is 7.78. The van der Waals surface area contributed by atoms with Crippen LogP contribution >= 0.6 is 0 Å². The van der Waals surface area contributed by atoms with E-state index in [9.17, 15) is 4.79 Å². The number of nitrogens with zero attached hydrogens (tertiary/aromatic N) is 2. The zero-order chi connectivity index (χ0) is 13.1. The van der Waals surface area contributed by atoms with Crippen LogP contribution in [0.2, 0.25) is 0 Å². The second kappa shape index (κ2) is 5.29. The van der Waals surface area contributed by atoms with Gasteiger partial charge in [0.15, 0.2) is 0 Å². The fourth-order valence-electron chi connectivity index (χ4n) is 1.52. The first kappa shape index (κ1) is 13.7. The first-order chi connectivity index (χ1) is 7.84. The summed E-state index contributed by atoms with van der Waals surface area (Å²) in [7, 11) is 7.41. The first-order valence-corrected chi connectivity index (χ1v) is 5.65. The number of carboxylic acid groups (broad SMARTS) is 1. The van der Waals surface area contributed by atoms with Gasteiger partial charge >= 0.3 is 6.09 Å². The fraction of sp³-hybridized carbons (Fsp3) is 0.462. The van der Waals surface area contributed by atoms with Gasteiger partial charge in [0.1, 0.15) is 5.69 Å². The van der Waals surface area contributed by atoms with Gasteiger partial charge in [0.25, 0.3) is 0 Å². The number of hydrogen-bond acceptors (Lipinski definition) is 2. The lowest BCUT2D eigenvalue weighted by atomic mass is 10.1. The minimum absolute atomic E-state index is 0.143. The van der Waals surface area contributed by atoms with E-state index in [4.69, 9.17) is 5.11 Å². The fourth-order valence-corrected chi connectivity index (χ4v) is 1.52. The largest absolute Gasteiger partial charge is 0.518 e. The summed E-state index contributed by atoms with van der Waals surface area (Å²) in [6.45, 7) is 0.962. The summed E-state index contributed by atoms with van der Waals surface area (Å²) in [5.41, 5.74) is 1.97. The van der Waals surface area contributed by atoms with Gasteiger partial charge in [-0.15, -0.1) is 0 Å². The Kier molecular flexibility index (Phi) is 4.26. The maximum atomic E-state index is 11.2. The van der Waals surface area contributed by atoms with Crippen molar-refractivity contribution in [3.8, 4) is 0 Å². The van der Waals surface area contributed by atoms with E-state index >= 15 is 0 Å². The lowest BCUT2D eigenvalue weighted by molar-refractivity contribution is 0.165. The summed E-state index contributed by atoms with van der Waals surface area (Å²) in [5, 5.41) is 9.17. The summed E-state index contributed by atoms with van der Waals surface area (Å²) >= 11 is 0. The standard InChI is InChI=1S/C13H20N2O2/c1-14(2)9-8-11-6-5-7-12(10-11)15(3,4)13(16)17/h5-7,10H,8-9H2,1-4H3/p+1. The summed E-state index contributed by atoms with van der Waals surface area (Å²) in [4.78, 5) is 13.3. The highest BCUT2D eigenvalue weighted by Gasteiger charge is 2.28. The van der Waals surface area contributed by atoms with Gasteiger partial charge in [-0.3, -0.25) is 0 Å². The lowest BCUT2D eigenvalue weighted by Crippen LogP contribution is -2.45. The molecule has 4 heteroatoms. The number of rotatable bonds is 4. The molecule has 94 valence electrons. The molecule has 0 aliphatic rings. The Labute approximate surface area is 103 Å². The van der Waals surface area contributed by atoms with Crippen LogP contribution in [0.4, 0.5) is 10.5 Å². The van der Waals surface area contributed by atoms with E-state index in [0.29, 0.717) is 0 Å². The molecule has 0 heterocycles. The van der Waals surface area contributed by atoms with Crippen LogP contribution in [0.1, 0.15) is 5.56 Å². The molecule has 1 aromatic rings. The van der Waals surface area contributed by atoms with Crippen molar-refractivity contribution >= 4 is 11.8 Å². The summed E-state index contributed by atoms with van der Waals surface area (Å²) in [5.74, 6) is 0. The van der Waals surface area contributed by atoms with Gasteiger partial charge in [-0.2, -0.15) is 9.28 Å². The molecule has 0 fully saturated rings. The summed E-state index contributed by atoms with van der Waals surface area (Å²) in [6.07, 6.45) is 0.0789. The van der Waals surface area contributed by atoms with Gasteiger partial charge < -0.3 is 10.0 Å². The molecule has 0 aliphatic heterocycles. The summed E-state index contributed by atoms with van der Waals surface area (Å²) < 4.78 is -0.143. The Morgan fingerprint density at radius 3 is 2.53 bits per heavy atom. The smallest absolute Gasteiger partial charge is 0.435 e. The highest BCUT2D eigenvalue weighted by Crippen LogP contribution is 2.20. The third-order valence-electron chi connectivity index (χ3n) is 2.88. The molecule has 0 radical (unpaired) electrons. The molecule has 0 aromatic heterocycles. The Bertz CT molecular complexity index is 400. The van der Waals surface area contributed by atoms with E-state index in [1.807, 2.05) is 38.4 Å². The average molecular weight is 237 g/mol. The van der Waals surface area contributed by atoms with Crippen LogP contribution in [0.5, 0.6) is 0 Å². The molecule has 0 bridgehead atoms. The Balaban J connectivity index is 2.89. The van der Waals surface area contributed by atoms with Crippen LogP contribution in [0, 0.1) is 0 Å². The van der Waals surface area contributed by atoms with Crippen molar-refractivity contribution in [1.82, 2.24) is 9.38 Å². The molecule has 0 atom stereocenters. The third-order valence-corrected chi connectivity index (χ3v) is 2.88. The number of quaternary nitrogens is 1. The zero-order valence-electron chi connectivity index (χ0n) is 11.0. The van der Waals surface area contributed by atoms with Crippen molar-refractivity contribution in [1.29, 1.82) is 0 Å². The zero-order valence-corrected chi connectivity index (χ0v) is 11.0. The van der Waals surface area contributed by atoms with E-state index in [2.05, 4.69) is 4.90 Å². The van der Waals surface area contributed by atoms with E-state index < -0.39 is 6.09 Å². The molecular weight excluding hydrogens is 216 g/mol. The van der Waals surface area contributed by atoms with Crippen LogP contribution in [0.15, 0.2) is 24.3 Å². The van der Waals surface area contributed by atoms with Crippen molar-refractivity contribution < 1.29 is 9.90 Å². The second-order valence-electron chi connectivity index (χ2n) is 4.96. The minimum atomic E-state index is -0.852. The number of amides is 1. The Hall–Kier alpha value is -1.39. The molecule has 0 saturated heterocycles. The number of benzene rings is 1. The van der Waals surface area contributed by atoms with Gasteiger partial charge in [0.05, 0.1) is 14.1 Å². The van der Waals surface area contributed by atoms with E-state index in [-0.39, 0.29) is 4.48 Å². The van der Waals surface area contributed by atoms with Crippen molar-refractivity contribution in [3.63, 3.8) is 0 Å². The van der Waals surface area contributed by atoms with Crippen LogP contribution in [-0.2, 0) is 6.42 Å². The number of carbonyl (C=O) groups is 1. The molecular formula is C13H21N2O2+. The lowest BCUT2D eigenvalue weighted by Gasteiger charge is -2.22. The van der Waals surface area contributed by atoms with Crippen LogP contribution in [0.3, 0.4) is 0 Å². The van der Waals surface area contributed by atoms with Gasteiger partial charge in [-0.25, -0.2) is 0 Å². The van der Waals surface area contributed by atoms with Crippen LogP contribution in [0.25, 0.3) is 0 Å². The molecule has 1 rings (SSSR count). The molecule has 4 nitrogen and oxygen atoms in total. The SMILES string of the molecule is CN(C)CCc1cccc([N+](C)(C)C(=O)O)c1. The Morgan fingerprint density at radius 1 is 1.35 bits per heavy atom. The van der Waals surface area contributed by atoms with Gasteiger partial charge in [-0.05, 0) is 32.1 Å². The average Bonchev–Trinajstić information content (AvgIpc) is 2.26.